The van der Waals surface area contributed by atoms with Crippen molar-refractivity contribution in [2.75, 3.05) is 32.6 Å². The Bertz CT molecular complexity index is 1010. The molecule has 1 aromatic heterocycles. The maximum Gasteiger partial charge on any atom is 0.227 e. The summed E-state index contributed by atoms with van der Waals surface area (Å²) in [5.41, 5.74) is 1.50. The van der Waals surface area contributed by atoms with E-state index in [2.05, 4.69) is 24.9 Å². The second-order valence-electron chi connectivity index (χ2n) is 9.38. The summed E-state index contributed by atoms with van der Waals surface area (Å²) in [6.45, 7) is 18.4. The monoisotopic (exact) mass is 529 g/mol. The fraction of sp³-hybridized carbons (Fsp3) is 0.567. The van der Waals surface area contributed by atoms with E-state index in [4.69, 9.17) is 5.26 Å². The van der Waals surface area contributed by atoms with E-state index in [0.29, 0.717) is 23.5 Å². The quantitative estimate of drug-likeness (QED) is 0.410. The third kappa shape index (κ3) is 11.7. The summed E-state index contributed by atoms with van der Waals surface area (Å²) in [6, 6.07) is 9.19. The molecule has 2 rings (SSSR count). The van der Waals surface area contributed by atoms with Gasteiger partial charge in [0, 0.05) is 44.7 Å². The molecule has 0 aliphatic rings. The van der Waals surface area contributed by atoms with Gasteiger partial charge in [0.15, 0.2) is 0 Å². The van der Waals surface area contributed by atoms with Gasteiger partial charge in [-0.15, -0.1) is 0 Å². The Morgan fingerprint density at radius 1 is 1.03 bits per heavy atom. The molecule has 0 bridgehead atoms. The summed E-state index contributed by atoms with van der Waals surface area (Å²) in [5, 5.41) is 9.75. The van der Waals surface area contributed by atoms with Crippen LogP contribution in [0.25, 0.3) is 10.9 Å². The minimum absolute atomic E-state index is 0. The molecule has 0 radical (unpaired) electrons. The second kappa shape index (κ2) is 19.6. The van der Waals surface area contributed by atoms with Crippen molar-refractivity contribution in [1.29, 1.82) is 5.26 Å². The van der Waals surface area contributed by atoms with Gasteiger partial charge in [-0.1, -0.05) is 69.7 Å². The number of nitrogens with zero attached hydrogens (tertiary/aromatic N) is 5. The van der Waals surface area contributed by atoms with Gasteiger partial charge in [-0.05, 0) is 30.2 Å². The second-order valence-corrected chi connectivity index (χ2v) is 9.38. The van der Waals surface area contributed by atoms with Crippen LogP contribution < -0.4 is 4.90 Å². The lowest BCUT2D eigenvalue weighted by Gasteiger charge is -2.34. The average Bonchev–Trinajstić information content (AvgIpc) is 2.91. The van der Waals surface area contributed by atoms with Crippen molar-refractivity contribution in [3.05, 3.63) is 36.0 Å². The summed E-state index contributed by atoms with van der Waals surface area (Å²) in [6.07, 6.45) is 3.18. The van der Waals surface area contributed by atoms with Crippen molar-refractivity contribution in [3.8, 4) is 6.07 Å². The van der Waals surface area contributed by atoms with Crippen LogP contribution in [0.5, 0.6) is 0 Å². The zero-order valence-corrected chi connectivity index (χ0v) is 24.9. The molecular formula is C30H51N5O3. The molecule has 214 valence electrons. The largest absolute Gasteiger partial charge is 0.343 e. The summed E-state index contributed by atoms with van der Waals surface area (Å²) in [7, 11) is 5.22. The lowest BCUT2D eigenvalue weighted by molar-refractivity contribution is -0.139. The van der Waals surface area contributed by atoms with E-state index in [-0.39, 0.29) is 24.8 Å². The topological polar surface area (TPSA) is 97.6 Å². The molecule has 3 amide bonds. The van der Waals surface area contributed by atoms with Gasteiger partial charge in [-0.2, -0.15) is 5.26 Å². The number of likely N-dealkylation sites (N-methyl/N-ethyl adjacent to an activating group) is 2. The molecule has 8 heteroatoms. The Labute approximate surface area is 231 Å². The van der Waals surface area contributed by atoms with E-state index in [1.165, 1.54) is 4.90 Å². The lowest BCUT2D eigenvalue weighted by Crippen LogP contribution is -2.47. The third-order valence-corrected chi connectivity index (χ3v) is 5.31. The van der Waals surface area contributed by atoms with Crippen LogP contribution in [-0.2, 0) is 14.4 Å². The molecule has 2 aromatic rings. The Morgan fingerprint density at radius 2 is 1.58 bits per heavy atom. The number of benzene rings is 1. The average molecular weight is 530 g/mol. The van der Waals surface area contributed by atoms with E-state index in [0.717, 1.165) is 23.9 Å². The molecular weight excluding hydrogens is 478 g/mol. The smallest absolute Gasteiger partial charge is 0.227 e. The number of hydrogen-bond donors (Lipinski definition) is 0. The molecule has 0 saturated heterocycles. The van der Waals surface area contributed by atoms with E-state index in [1.807, 2.05) is 54.5 Å². The van der Waals surface area contributed by atoms with E-state index < -0.39 is 0 Å². The molecule has 1 atom stereocenters. The third-order valence-electron chi connectivity index (χ3n) is 5.31. The van der Waals surface area contributed by atoms with Crippen molar-refractivity contribution in [1.82, 2.24) is 14.8 Å². The summed E-state index contributed by atoms with van der Waals surface area (Å²) in [5.74, 6) is 0.419. The van der Waals surface area contributed by atoms with E-state index in [1.54, 1.807) is 55.3 Å². The van der Waals surface area contributed by atoms with E-state index >= 15 is 0 Å². The number of amides is 3. The van der Waals surface area contributed by atoms with Gasteiger partial charge >= 0.3 is 0 Å². The Kier molecular flexibility index (Phi) is 20.2. The van der Waals surface area contributed by atoms with E-state index in [9.17, 15) is 14.4 Å². The molecule has 0 saturated carbocycles. The van der Waals surface area contributed by atoms with Crippen molar-refractivity contribution in [2.24, 2.45) is 11.3 Å². The molecule has 38 heavy (non-hydrogen) atoms. The van der Waals surface area contributed by atoms with Crippen molar-refractivity contribution >= 4 is 35.3 Å². The number of carbonyl (C=O) groups is 3. The summed E-state index contributed by atoms with van der Waals surface area (Å²) < 4.78 is 0. The van der Waals surface area contributed by atoms with Crippen LogP contribution in [0.4, 0.5) is 5.69 Å². The Hall–Kier alpha value is -3.47. The molecule has 0 aliphatic heterocycles. The number of carbonyl (C=O) groups excluding carboxylic acids is 3. The van der Waals surface area contributed by atoms with Crippen molar-refractivity contribution in [2.45, 2.75) is 75.8 Å². The van der Waals surface area contributed by atoms with Gasteiger partial charge in [-0.25, -0.2) is 0 Å². The number of nitriles is 1. The van der Waals surface area contributed by atoms with Gasteiger partial charge in [0.25, 0.3) is 0 Å². The SMILES string of the molecule is C.CC.CC.CC(C)C(CN(C)C(=O)C(C)(C)C)N(C)C=O.CN(C=O)c1ccc(C#N)c2ncccc12. The molecule has 0 spiro atoms. The first-order chi connectivity index (χ1) is 17.4. The van der Waals surface area contributed by atoms with Crippen LogP contribution in [0.1, 0.15) is 75.3 Å². The van der Waals surface area contributed by atoms with Crippen LogP contribution in [0.15, 0.2) is 30.5 Å². The highest BCUT2D eigenvalue weighted by Gasteiger charge is 2.28. The molecule has 0 fully saturated rings. The van der Waals surface area contributed by atoms with Crippen LogP contribution in [-0.4, -0.2) is 67.2 Å². The zero-order valence-electron chi connectivity index (χ0n) is 24.9. The van der Waals surface area contributed by atoms with Gasteiger partial charge in [0.05, 0.1) is 22.8 Å². The summed E-state index contributed by atoms with van der Waals surface area (Å²) in [4.78, 5) is 42.6. The highest BCUT2D eigenvalue weighted by atomic mass is 16.2. The fourth-order valence-corrected chi connectivity index (χ4v) is 3.44. The van der Waals surface area contributed by atoms with Crippen LogP contribution in [0.2, 0.25) is 0 Å². The number of rotatable bonds is 7. The molecule has 1 heterocycles. The first-order valence-electron chi connectivity index (χ1n) is 12.8. The molecule has 1 aromatic carbocycles. The number of pyridine rings is 1. The van der Waals surface area contributed by atoms with Crippen molar-refractivity contribution in [3.63, 3.8) is 0 Å². The van der Waals surface area contributed by atoms with Gasteiger partial charge in [0.1, 0.15) is 6.07 Å². The number of anilines is 1. The number of hydrogen-bond acceptors (Lipinski definition) is 5. The summed E-state index contributed by atoms with van der Waals surface area (Å²) >= 11 is 0. The minimum Gasteiger partial charge on any atom is -0.343 e. The van der Waals surface area contributed by atoms with Crippen LogP contribution in [0, 0.1) is 22.7 Å². The van der Waals surface area contributed by atoms with Gasteiger partial charge in [0.2, 0.25) is 18.7 Å². The highest BCUT2D eigenvalue weighted by Crippen LogP contribution is 2.26. The fourth-order valence-electron chi connectivity index (χ4n) is 3.44. The molecule has 8 nitrogen and oxygen atoms in total. The molecule has 1 unspecified atom stereocenters. The molecule has 0 aliphatic carbocycles. The highest BCUT2D eigenvalue weighted by molar-refractivity contribution is 5.98. The number of aromatic nitrogens is 1. The normalized spacial score (nSPS) is 10.4. The lowest BCUT2D eigenvalue weighted by atomic mass is 9.94. The predicted molar refractivity (Wildman–Crippen MR) is 160 cm³/mol. The maximum atomic E-state index is 12.1. The van der Waals surface area contributed by atoms with Gasteiger partial charge in [-0.3, -0.25) is 19.4 Å². The standard InChI is InChI=1S/C13H26N2O2.C12H9N3O.2C2H6.CH4/c1-10(2)11(15(7)9-16)8-14(6)12(17)13(3,4)5;1-15(8-16)11-5-4-9(7-13)12-10(11)3-2-6-14-12;2*1-2;/h9-11H,8H2,1-7H3;2-6,8H,1H3;2*1-2H3;1H4. The van der Waals surface area contributed by atoms with Gasteiger partial charge < -0.3 is 14.7 Å². The number of fused-ring (bicyclic) bond motifs is 1. The first kappa shape index (κ1) is 39.0. The molecule has 0 N–H and O–H groups in total. The predicted octanol–water partition coefficient (Wildman–Crippen LogP) is 5.99. The minimum atomic E-state index is -0.379. The first-order valence-corrected chi connectivity index (χ1v) is 12.8. The zero-order chi connectivity index (χ0) is 29.3. The Balaban J connectivity index is -0.000000557. The Morgan fingerprint density at radius 3 is 2.00 bits per heavy atom. The van der Waals surface area contributed by atoms with Crippen LogP contribution in [0.3, 0.4) is 0 Å². The van der Waals surface area contributed by atoms with Crippen molar-refractivity contribution < 1.29 is 14.4 Å². The van der Waals surface area contributed by atoms with Crippen LogP contribution >= 0.6 is 0 Å². The maximum absolute atomic E-state index is 12.1.